The Morgan fingerprint density at radius 1 is 1.27 bits per heavy atom. The van der Waals surface area contributed by atoms with E-state index in [2.05, 4.69) is 15.5 Å². The lowest BCUT2D eigenvalue weighted by molar-refractivity contribution is 0.0911. The Morgan fingerprint density at radius 3 is 2.77 bits per heavy atom. The molecule has 0 spiro atoms. The molecule has 0 radical (unpaired) electrons. The van der Waals surface area contributed by atoms with Gasteiger partial charge in [0, 0.05) is 6.07 Å². The van der Waals surface area contributed by atoms with Gasteiger partial charge in [0.1, 0.15) is 5.69 Å². The van der Waals surface area contributed by atoms with Crippen LogP contribution in [0.15, 0.2) is 59.2 Å². The summed E-state index contributed by atoms with van der Waals surface area (Å²) in [6, 6.07) is 13.9. The first-order chi connectivity index (χ1) is 10.8. The Hall–Kier alpha value is -2.86. The van der Waals surface area contributed by atoms with Gasteiger partial charge in [0.05, 0.1) is 18.9 Å². The Kier molecular flexibility index (Phi) is 4.02. The normalized spacial score (nSPS) is 12.0. The molecule has 0 aliphatic heterocycles. The maximum absolute atomic E-state index is 12.2. The molecule has 3 rings (SSSR count). The second-order valence-corrected chi connectivity index (χ2v) is 4.76. The summed E-state index contributed by atoms with van der Waals surface area (Å²) in [5.41, 5.74) is 1.69. The van der Waals surface area contributed by atoms with E-state index in [4.69, 9.17) is 4.42 Å². The minimum atomic E-state index is -0.475. The first-order valence-corrected chi connectivity index (χ1v) is 6.84. The van der Waals surface area contributed by atoms with Crippen LogP contribution in [0.25, 0.3) is 11.5 Å². The van der Waals surface area contributed by atoms with Gasteiger partial charge in [-0.25, -0.2) is 0 Å². The van der Waals surface area contributed by atoms with Gasteiger partial charge < -0.3 is 14.8 Å². The van der Waals surface area contributed by atoms with Crippen molar-refractivity contribution < 1.29 is 14.3 Å². The highest BCUT2D eigenvalue weighted by molar-refractivity contribution is 5.93. The summed E-state index contributed by atoms with van der Waals surface area (Å²) in [6.45, 7) is -0.189. The predicted octanol–water partition coefficient (Wildman–Crippen LogP) is 2.13. The Labute approximate surface area is 126 Å². The minimum Gasteiger partial charge on any atom is -0.463 e. The quantitative estimate of drug-likeness (QED) is 0.673. The number of amides is 1. The van der Waals surface area contributed by atoms with Gasteiger partial charge >= 0.3 is 0 Å². The summed E-state index contributed by atoms with van der Waals surface area (Å²) in [5.74, 6) is 0.241. The molecule has 3 N–H and O–H groups in total. The molecule has 0 fully saturated rings. The summed E-state index contributed by atoms with van der Waals surface area (Å²) in [6.07, 6.45) is 1.55. The zero-order chi connectivity index (χ0) is 15.4. The molecule has 2 aromatic heterocycles. The molecule has 1 unspecified atom stereocenters. The highest BCUT2D eigenvalue weighted by Crippen LogP contribution is 2.18. The Balaban J connectivity index is 1.74. The van der Waals surface area contributed by atoms with Crippen molar-refractivity contribution in [3.63, 3.8) is 0 Å². The maximum atomic E-state index is 12.2. The van der Waals surface area contributed by atoms with Crippen LogP contribution >= 0.6 is 0 Å². The fraction of sp³-hybridized carbons (Fsp3) is 0.125. The number of hydrogen-bond acceptors (Lipinski definition) is 4. The van der Waals surface area contributed by atoms with Gasteiger partial charge in [-0.2, -0.15) is 5.10 Å². The van der Waals surface area contributed by atoms with E-state index < -0.39 is 6.04 Å². The topological polar surface area (TPSA) is 91.1 Å². The van der Waals surface area contributed by atoms with Gasteiger partial charge in [0.15, 0.2) is 11.5 Å². The molecule has 6 heteroatoms. The molecule has 0 bridgehead atoms. The first kappa shape index (κ1) is 14.1. The molecule has 2 heterocycles. The summed E-state index contributed by atoms with van der Waals surface area (Å²) in [5, 5.41) is 19.0. The number of aromatic amines is 1. The summed E-state index contributed by atoms with van der Waals surface area (Å²) in [7, 11) is 0. The molecular formula is C16H15N3O3. The average Bonchev–Trinajstić information content (AvgIpc) is 3.23. The van der Waals surface area contributed by atoms with Crippen LogP contribution in [0.2, 0.25) is 0 Å². The molecule has 112 valence electrons. The number of rotatable bonds is 5. The lowest BCUT2D eigenvalue weighted by Gasteiger charge is -2.15. The van der Waals surface area contributed by atoms with Crippen molar-refractivity contribution >= 4 is 5.91 Å². The second kappa shape index (κ2) is 6.28. The average molecular weight is 297 g/mol. The molecule has 0 saturated heterocycles. The van der Waals surface area contributed by atoms with E-state index in [-0.39, 0.29) is 18.2 Å². The molecule has 1 aromatic carbocycles. The lowest BCUT2D eigenvalue weighted by Crippen LogP contribution is -2.31. The number of aliphatic hydroxyl groups excluding tert-OH is 1. The number of nitrogens with zero attached hydrogens (tertiary/aromatic N) is 1. The molecule has 0 aliphatic carbocycles. The maximum Gasteiger partial charge on any atom is 0.272 e. The van der Waals surface area contributed by atoms with E-state index in [0.29, 0.717) is 11.5 Å². The van der Waals surface area contributed by atoms with Crippen LogP contribution in [0.3, 0.4) is 0 Å². The van der Waals surface area contributed by atoms with E-state index in [1.54, 1.807) is 24.5 Å². The summed E-state index contributed by atoms with van der Waals surface area (Å²) >= 11 is 0. The van der Waals surface area contributed by atoms with Crippen molar-refractivity contribution in [1.82, 2.24) is 15.5 Å². The number of aromatic nitrogens is 2. The van der Waals surface area contributed by atoms with Gasteiger partial charge in [-0.15, -0.1) is 0 Å². The third-order valence-electron chi connectivity index (χ3n) is 3.29. The second-order valence-electron chi connectivity index (χ2n) is 4.76. The van der Waals surface area contributed by atoms with Crippen LogP contribution in [0.5, 0.6) is 0 Å². The van der Waals surface area contributed by atoms with E-state index in [1.807, 2.05) is 30.3 Å². The van der Waals surface area contributed by atoms with Crippen molar-refractivity contribution in [3.8, 4) is 11.5 Å². The third kappa shape index (κ3) is 2.91. The zero-order valence-corrected chi connectivity index (χ0v) is 11.7. The van der Waals surface area contributed by atoms with Crippen molar-refractivity contribution in [3.05, 3.63) is 66.1 Å². The minimum absolute atomic E-state index is 0.189. The highest BCUT2D eigenvalue weighted by atomic mass is 16.3. The van der Waals surface area contributed by atoms with Gasteiger partial charge in [0.2, 0.25) is 0 Å². The lowest BCUT2D eigenvalue weighted by atomic mass is 10.1. The monoisotopic (exact) mass is 297 g/mol. The molecule has 6 nitrogen and oxygen atoms in total. The fourth-order valence-corrected chi connectivity index (χ4v) is 2.15. The van der Waals surface area contributed by atoms with Crippen LogP contribution in [0.1, 0.15) is 22.1 Å². The Morgan fingerprint density at radius 2 is 2.09 bits per heavy atom. The molecule has 0 saturated carbocycles. The summed E-state index contributed by atoms with van der Waals surface area (Å²) in [4.78, 5) is 12.2. The fourth-order valence-electron chi connectivity index (χ4n) is 2.15. The zero-order valence-electron chi connectivity index (χ0n) is 11.7. The van der Waals surface area contributed by atoms with Crippen LogP contribution in [0.4, 0.5) is 0 Å². The van der Waals surface area contributed by atoms with Crippen LogP contribution in [-0.2, 0) is 0 Å². The molecule has 0 aliphatic rings. The SMILES string of the molecule is O=C(NC(CO)c1ccccc1)c1cc(-c2ccco2)[nH]n1. The number of nitrogens with one attached hydrogen (secondary N) is 2. The molecule has 1 amide bonds. The third-order valence-corrected chi connectivity index (χ3v) is 3.29. The van der Waals surface area contributed by atoms with Gasteiger partial charge in [-0.3, -0.25) is 9.89 Å². The van der Waals surface area contributed by atoms with Gasteiger partial charge in [-0.05, 0) is 17.7 Å². The van der Waals surface area contributed by atoms with Crippen LogP contribution < -0.4 is 5.32 Å². The van der Waals surface area contributed by atoms with E-state index >= 15 is 0 Å². The largest absolute Gasteiger partial charge is 0.463 e. The number of aliphatic hydroxyl groups is 1. The van der Waals surface area contributed by atoms with Crippen molar-refractivity contribution in [1.29, 1.82) is 0 Å². The smallest absolute Gasteiger partial charge is 0.272 e. The van der Waals surface area contributed by atoms with Crippen molar-refractivity contribution in [2.45, 2.75) is 6.04 Å². The van der Waals surface area contributed by atoms with Crippen molar-refractivity contribution in [2.24, 2.45) is 0 Å². The number of hydrogen-bond donors (Lipinski definition) is 3. The predicted molar refractivity (Wildman–Crippen MR) is 80.0 cm³/mol. The first-order valence-electron chi connectivity index (χ1n) is 6.84. The number of carbonyl (C=O) groups is 1. The van der Waals surface area contributed by atoms with Gasteiger partial charge in [-0.1, -0.05) is 30.3 Å². The van der Waals surface area contributed by atoms with E-state index in [1.165, 1.54) is 0 Å². The molecule has 1 atom stereocenters. The molecule has 3 aromatic rings. The Bertz CT molecular complexity index is 735. The number of carbonyl (C=O) groups excluding carboxylic acids is 1. The van der Waals surface area contributed by atoms with E-state index in [0.717, 1.165) is 5.56 Å². The highest BCUT2D eigenvalue weighted by Gasteiger charge is 2.17. The van der Waals surface area contributed by atoms with Gasteiger partial charge in [0.25, 0.3) is 5.91 Å². The summed E-state index contributed by atoms with van der Waals surface area (Å²) < 4.78 is 5.24. The molecular weight excluding hydrogens is 282 g/mol. The van der Waals surface area contributed by atoms with Crippen molar-refractivity contribution in [2.75, 3.05) is 6.61 Å². The molecule has 22 heavy (non-hydrogen) atoms. The van der Waals surface area contributed by atoms with E-state index in [9.17, 15) is 9.90 Å². The van der Waals surface area contributed by atoms with Crippen LogP contribution in [0, 0.1) is 0 Å². The number of H-pyrrole nitrogens is 1. The number of benzene rings is 1. The number of furan rings is 1. The van der Waals surface area contributed by atoms with Crippen LogP contribution in [-0.4, -0.2) is 27.8 Å². The standard InChI is InChI=1S/C16H15N3O3/c20-10-14(11-5-2-1-3-6-11)17-16(21)13-9-12(18-19-13)15-7-4-8-22-15/h1-9,14,20H,10H2,(H,17,21)(H,18,19).